The highest BCUT2D eigenvalue weighted by molar-refractivity contribution is 5.90. The average molecular weight is 380 g/mol. The van der Waals surface area contributed by atoms with Crippen LogP contribution in [0.2, 0.25) is 0 Å². The lowest BCUT2D eigenvalue weighted by Crippen LogP contribution is -2.09. The van der Waals surface area contributed by atoms with Gasteiger partial charge in [0.05, 0.1) is 12.2 Å². The van der Waals surface area contributed by atoms with E-state index in [9.17, 15) is 9.59 Å². The van der Waals surface area contributed by atoms with E-state index in [1.54, 1.807) is 25.3 Å². The first-order valence-electron chi connectivity index (χ1n) is 9.21. The Kier molecular flexibility index (Phi) is 5.95. The molecule has 146 valence electrons. The van der Waals surface area contributed by atoms with Crippen molar-refractivity contribution in [3.63, 3.8) is 0 Å². The van der Waals surface area contributed by atoms with Gasteiger partial charge in [-0.1, -0.05) is 26.0 Å². The van der Waals surface area contributed by atoms with Gasteiger partial charge in [0.25, 0.3) is 0 Å². The molecule has 0 aliphatic rings. The number of carbonyl (C=O) groups excluding carboxylic acids is 1. The van der Waals surface area contributed by atoms with Crippen LogP contribution in [0.25, 0.3) is 11.0 Å². The lowest BCUT2D eigenvalue weighted by Gasteiger charge is -2.13. The summed E-state index contributed by atoms with van der Waals surface area (Å²) in [4.78, 5) is 24.4. The van der Waals surface area contributed by atoms with E-state index in [2.05, 4.69) is 13.8 Å². The predicted octanol–water partition coefficient (Wildman–Crippen LogP) is 4.73. The van der Waals surface area contributed by atoms with Crippen molar-refractivity contribution in [2.24, 2.45) is 0 Å². The minimum atomic E-state index is -0.461. The minimum Gasteiger partial charge on any atom is -0.457 e. The third-order valence-electron chi connectivity index (χ3n) is 4.67. The summed E-state index contributed by atoms with van der Waals surface area (Å²) in [5, 5.41) is 0.787. The second-order valence-corrected chi connectivity index (χ2v) is 7.16. The summed E-state index contributed by atoms with van der Waals surface area (Å²) in [5.41, 5.74) is 4.24. The van der Waals surface area contributed by atoms with Crippen LogP contribution in [-0.4, -0.2) is 13.1 Å². The van der Waals surface area contributed by atoms with Gasteiger partial charge < -0.3 is 13.9 Å². The summed E-state index contributed by atoms with van der Waals surface area (Å²) in [6.45, 7) is 6.63. The monoisotopic (exact) mass is 380 g/mol. The third-order valence-corrected chi connectivity index (χ3v) is 4.67. The van der Waals surface area contributed by atoms with Crippen molar-refractivity contribution in [3.8, 4) is 0 Å². The maximum absolute atomic E-state index is 12.5. The van der Waals surface area contributed by atoms with Crippen molar-refractivity contribution < 1.29 is 18.7 Å². The highest BCUT2D eigenvalue weighted by Gasteiger charge is 2.14. The quantitative estimate of drug-likeness (QED) is 0.457. The molecule has 0 atom stereocenters. The largest absolute Gasteiger partial charge is 0.457 e. The minimum absolute atomic E-state index is 0.00393. The molecule has 1 heterocycles. The molecule has 0 saturated carbocycles. The number of benzene rings is 2. The van der Waals surface area contributed by atoms with Gasteiger partial charge in [0.2, 0.25) is 0 Å². The van der Waals surface area contributed by atoms with Gasteiger partial charge in [0.15, 0.2) is 0 Å². The van der Waals surface area contributed by atoms with Gasteiger partial charge in [-0.15, -0.1) is 0 Å². The number of aryl methyl sites for hydroxylation is 1. The van der Waals surface area contributed by atoms with Crippen molar-refractivity contribution in [3.05, 3.63) is 80.7 Å². The molecule has 0 fully saturated rings. The molecule has 5 nitrogen and oxygen atoms in total. The van der Waals surface area contributed by atoms with Crippen LogP contribution >= 0.6 is 0 Å². The molecule has 3 aromatic rings. The van der Waals surface area contributed by atoms with Crippen LogP contribution in [0.15, 0.2) is 51.7 Å². The summed E-state index contributed by atoms with van der Waals surface area (Å²) in [6.07, 6.45) is 0. The van der Waals surface area contributed by atoms with E-state index >= 15 is 0 Å². The Morgan fingerprint density at radius 3 is 2.61 bits per heavy atom. The van der Waals surface area contributed by atoms with E-state index < -0.39 is 11.6 Å². The smallest absolute Gasteiger partial charge is 0.338 e. The molecule has 0 radical (unpaired) electrons. The first-order chi connectivity index (χ1) is 13.4. The Morgan fingerprint density at radius 2 is 1.89 bits per heavy atom. The van der Waals surface area contributed by atoms with Gasteiger partial charge in [-0.05, 0) is 53.8 Å². The van der Waals surface area contributed by atoms with E-state index in [1.807, 2.05) is 25.1 Å². The van der Waals surface area contributed by atoms with Gasteiger partial charge in [0.1, 0.15) is 12.2 Å². The number of carbonyl (C=O) groups is 1. The molecule has 0 bridgehead atoms. The van der Waals surface area contributed by atoms with Crippen molar-refractivity contribution in [2.75, 3.05) is 7.11 Å². The lowest BCUT2D eigenvalue weighted by atomic mass is 9.95. The molecular weight excluding hydrogens is 356 g/mol. The topological polar surface area (TPSA) is 65.7 Å². The molecule has 2 aromatic carbocycles. The molecule has 3 rings (SSSR count). The first-order valence-corrected chi connectivity index (χ1v) is 9.21. The van der Waals surface area contributed by atoms with Gasteiger partial charge >= 0.3 is 11.6 Å². The molecule has 0 unspecified atom stereocenters. The Bertz CT molecular complexity index is 1060. The second kappa shape index (κ2) is 8.40. The predicted molar refractivity (Wildman–Crippen MR) is 108 cm³/mol. The Hall–Kier alpha value is -2.92. The maximum Gasteiger partial charge on any atom is 0.338 e. The highest BCUT2D eigenvalue weighted by Crippen LogP contribution is 2.27. The number of hydrogen-bond acceptors (Lipinski definition) is 5. The fourth-order valence-corrected chi connectivity index (χ4v) is 3.31. The lowest BCUT2D eigenvalue weighted by molar-refractivity contribution is 0.0473. The standard InChI is InChI=1S/C23H24O5/c1-14(2)19-11-20-18(10-22(24)28-21(20)8-15(19)3)13-27-23(25)17-7-5-6-16(9-17)12-26-4/h5-11,14H,12-13H2,1-4H3. The highest BCUT2D eigenvalue weighted by atomic mass is 16.5. The van der Waals surface area contributed by atoms with E-state index in [0.717, 1.165) is 16.5 Å². The molecule has 0 spiro atoms. The van der Waals surface area contributed by atoms with Crippen molar-refractivity contribution in [1.29, 1.82) is 0 Å². The molecule has 0 aliphatic heterocycles. The number of methoxy groups -OCH3 is 1. The van der Waals surface area contributed by atoms with Gasteiger partial charge in [-0.2, -0.15) is 0 Å². The number of hydrogen-bond donors (Lipinski definition) is 0. The molecule has 28 heavy (non-hydrogen) atoms. The fourth-order valence-electron chi connectivity index (χ4n) is 3.31. The van der Waals surface area contributed by atoms with E-state index in [4.69, 9.17) is 13.9 Å². The number of esters is 1. The summed E-state index contributed by atoms with van der Waals surface area (Å²) in [7, 11) is 1.60. The SMILES string of the molecule is COCc1cccc(C(=O)OCc2cc(=O)oc3cc(C)c(C(C)C)cc23)c1. The van der Waals surface area contributed by atoms with Crippen LogP contribution < -0.4 is 5.63 Å². The Labute approximate surface area is 163 Å². The van der Waals surface area contributed by atoms with Crippen LogP contribution in [0.3, 0.4) is 0 Å². The summed E-state index contributed by atoms with van der Waals surface area (Å²) in [5.74, 6) is -0.120. The molecule has 0 amide bonds. The molecule has 5 heteroatoms. The summed E-state index contributed by atoms with van der Waals surface area (Å²) < 4.78 is 15.9. The first kappa shape index (κ1) is 19.8. The van der Waals surface area contributed by atoms with Crippen LogP contribution in [0.4, 0.5) is 0 Å². The Balaban J connectivity index is 1.89. The van der Waals surface area contributed by atoms with E-state index in [1.165, 1.54) is 11.6 Å². The van der Waals surface area contributed by atoms with Gasteiger partial charge in [-0.25, -0.2) is 9.59 Å². The molecule has 0 aliphatic carbocycles. The molecule has 0 N–H and O–H groups in total. The van der Waals surface area contributed by atoms with Crippen molar-refractivity contribution in [1.82, 2.24) is 0 Å². The third kappa shape index (κ3) is 4.31. The zero-order valence-electron chi connectivity index (χ0n) is 16.6. The molecule has 1 aromatic heterocycles. The average Bonchev–Trinajstić information content (AvgIpc) is 2.65. The van der Waals surface area contributed by atoms with Crippen LogP contribution in [-0.2, 0) is 22.7 Å². The second-order valence-electron chi connectivity index (χ2n) is 7.16. The van der Waals surface area contributed by atoms with E-state index in [0.29, 0.717) is 29.2 Å². The molecule has 0 saturated heterocycles. The van der Waals surface area contributed by atoms with Crippen molar-refractivity contribution >= 4 is 16.9 Å². The number of ether oxygens (including phenoxy) is 2. The molecular formula is C23H24O5. The summed E-state index contributed by atoms with van der Waals surface area (Å²) >= 11 is 0. The normalized spacial score (nSPS) is 11.2. The van der Waals surface area contributed by atoms with E-state index in [-0.39, 0.29) is 6.61 Å². The number of fused-ring (bicyclic) bond motifs is 1. The maximum atomic E-state index is 12.5. The van der Waals surface area contributed by atoms with Gasteiger partial charge in [-0.3, -0.25) is 0 Å². The van der Waals surface area contributed by atoms with Gasteiger partial charge in [0, 0.05) is 24.1 Å². The van der Waals surface area contributed by atoms with Crippen LogP contribution in [0, 0.1) is 6.92 Å². The Morgan fingerprint density at radius 1 is 1.11 bits per heavy atom. The zero-order chi connectivity index (χ0) is 20.3. The van der Waals surface area contributed by atoms with Crippen molar-refractivity contribution in [2.45, 2.75) is 39.9 Å². The van der Waals surface area contributed by atoms with Crippen LogP contribution in [0.1, 0.15) is 52.4 Å². The summed E-state index contributed by atoms with van der Waals surface area (Å²) in [6, 6.07) is 12.4. The number of rotatable bonds is 6. The zero-order valence-corrected chi connectivity index (χ0v) is 16.6. The van der Waals surface area contributed by atoms with Crippen LogP contribution in [0.5, 0.6) is 0 Å². The fraction of sp³-hybridized carbons (Fsp3) is 0.304.